The number of ketones is 2. The summed E-state index contributed by atoms with van der Waals surface area (Å²) in [5.74, 6) is 0.812. The van der Waals surface area contributed by atoms with Crippen molar-refractivity contribution in [3.63, 3.8) is 0 Å². The van der Waals surface area contributed by atoms with Crippen molar-refractivity contribution in [2.24, 2.45) is 33.0 Å². The molecule has 0 fully saturated rings. The summed E-state index contributed by atoms with van der Waals surface area (Å²) in [5.41, 5.74) is 0.621. The quantitative estimate of drug-likeness (QED) is 0.155. The summed E-state index contributed by atoms with van der Waals surface area (Å²) < 4.78 is 47.2. The van der Waals surface area contributed by atoms with E-state index in [1.54, 1.807) is 58.2 Å². The minimum atomic E-state index is -4.47. The number of pyridine rings is 1. The number of methoxy groups -OCH3 is 1. The molecule has 4 aromatic rings. The van der Waals surface area contributed by atoms with Gasteiger partial charge in [0.2, 0.25) is 0 Å². The van der Waals surface area contributed by atoms with E-state index >= 15 is 0 Å². The highest BCUT2D eigenvalue weighted by Crippen LogP contribution is 2.34. The predicted octanol–water partition coefficient (Wildman–Crippen LogP) is 11.8. The fourth-order valence-corrected chi connectivity index (χ4v) is 7.20. The van der Waals surface area contributed by atoms with E-state index in [9.17, 15) is 37.1 Å². The summed E-state index contributed by atoms with van der Waals surface area (Å²) >= 11 is 23.8. The van der Waals surface area contributed by atoms with Crippen LogP contribution in [0.4, 0.5) is 13.2 Å². The monoisotopic (exact) mass is 919 g/mol. The second kappa shape index (κ2) is 23.4. The number of hydrogen-bond acceptors (Lipinski definition) is 6. The Kier molecular flexibility index (Phi) is 21.1. The minimum absolute atomic E-state index is 0.00981. The van der Waals surface area contributed by atoms with E-state index in [4.69, 9.17) is 51.1 Å². The maximum absolute atomic E-state index is 12.8. The van der Waals surface area contributed by atoms with E-state index < -0.39 is 23.2 Å². The Labute approximate surface area is 370 Å². The lowest BCUT2D eigenvalue weighted by molar-refractivity contribution is -0.138. The third-order valence-corrected chi connectivity index (χ3v) is 10.4. The van der Waals surface area contributed by atoms with Crippen LogP contribution in [0.3, 0.4) is 0 Å². The van der Waals surface area contributed by atoms with Gasteiger partial charge in [-0.15, -0.1) is 0 Å². The van der Waals surface area contributed by atoms with E-state index in [1.807, 2.05) is 41.5 Å². The lowest BCUT2D eigenvalue weighted by atomic mass is 9.98. The van der Waals surface area contributed by atoms with Crippen molar-refractivity contribution >= 4 is 58.0 Å². The summed E-state index contributed by atoms with van der Waals surface area (Å²) in [6.07, 6.45) is -3.56. The zero-order chi connectivity index (χ0) is 46.7. The van der Waals surface area contributed by atoms with E-state index in [-0.39, 0.29) is 40.2 Å². The summed E-state index contributed by atoms with van der Waals surface area (Å²) in [4.78, 5) is 58.6. The molecule has 0 unspecified atom stereocenters. The van der Waals surface area contributed by atoms with E-state index in [0.29, 0.717) is 61.4 Å². The molecule has 0 aliphatic heterocycles. The van der Waals surface area contributed by atoms with E-state index in [2.05, 4.69) is 0 Å². The van der Waals surface area contributed by atoms with Crippen molar-refractivity contribution in [1.82, 2.24) is 13.7 Å². The number of hydrogen-bond donors (Lipinski definition) is 0. The van der Waals surface area contributed by atoms with Gasteiger partial charge in [-0.3, -0.25) is 23.7 Å². The van der Waals surface area contributed by atoms with Crippen LogP contribution >= 0.6 is 46.4 Å². The van der Waals surface area contributed by atoms with Gasteiger partial charge in [0.15, 0.2) is 11.6 Å². The lowest BCUT2D eigenvalue weighted by Gasteiger charge is -2.17. The number of benzene rings is 2. The fraction of sp³-hybridized carbons (Fsp3) is 0.477. The van der Waals surface area contributed by atoms with Crippen LogP contribution in [-0.4, -0.2) is 32.4 Å². The highest BCUT2D eigenvalue weighted by atomic mass is 35.5. The molecule has 332 valence electrons. The molecule has 0 N–H and O–H groups in total. The van der Waals surface area contributed by atoms with Gasteiger partial charge in [0.05, 0.1) is 43.9 Å². The molecule has 0 saturated carbocycles. The first kappa shape index (κ1) is 54.2. The predicted molar refractivity (Wildman–Crippen MR) is 238 cm³/mol. The van der Waals surface area contributed by atoms with Crippen molar-refractivity contribution < 1.29 is 27.5 Å². The molecule has 0 aliphatic rings. The number of carbonyl (C=O) groups is 2. The van der Waals surface area contributed by atoms with Crippen molar-refractivity contribution in [2.45, 2.75) is 100 Å². The highest BCUT2D eigenvalue weighted by Gasteiger charge is 2.36. The molecule has 4 rings (SSSR count). The molecule has 0 amide bonds. The van der Waals surface area contributed by atoms with Gasteiger partial charge in [-0.25, -0.2) is 4.79 Å². The fourth-order valence-electron chi connectivity index (χ4n) is 5.91. The smallest absolute Gasteiger partial charge is 0.416 e. The maximum atomic E-state index is 12.8. The zero-order valence-corrected chi connectivity index (χ0v) is 39.6. The number of aryl methyl sites for hydroxylation is 1. The lowest BCUT2D eigenvalue weighted by Crippen LogP contribution is -2.40. The average Bonchev–Trinajstić information content (AvgIpc) is 3.11. The summed E-state index contributed by atoms with van der Waals surface area (Å²) in [7, 11) is 6.19. The molecule has 16 heteroatoms. The van der Waals surface area contributed by atoms with E-state index in [1.165, 1.54) is 37.3 Å². The Bertz CT molecular complexity index is 2280. The number of carbonyl (C=O) groups excluding carboxylic acids is 2. The third-order valence-electron chi connectivity index (χ3n) is 9.13. The summed E-state index contributed by atoms with van der Waals surface area (Å²) in [6.45, 7) is 18.3. The second-order valence-electron chi connectivity index (χ2n) is 15.6. The van der Waals surface area contributed by atoms with Crippen molar-refractivity contribution in [1.29, 1.82) is 0 Å². The first-order valence-corrected chi connectivity index (χ1v) is 20.6. The van der Waals surface area contributed by atoms with Crippen LogP contribution in [0.1, 0.15) is 129 Å². The Morgan fingerprint density at radius 3 is 1.42 bits per heavy atom. The molecule has 2 aromatic heterocycles. The molecule has 0 radical (unpaired) electrons. The molecule has 2 aromatic carbocycles. The van der Waals surface area contributed by atoms with E-state index in [0.717, 1.165) is 21.9 Å². The number of Topliss-reactive ketones (excluding diaryl/α,β-unsaturated/α-hetero) is 2. The third kappa shape index (κ3) is 14.7. The average molecular weight is 922 g/mol. The van der Waals surface area contributed by atoms with Crippen molar-refractivity contribution in [3.8, 4) is 5.75 Å². The normalized spacial score (nSPS) is 11.2. The van der Waals surface area contributed by atoms with Gasteiger partial charge in [0.1, 0.15) is 5.75 Å². The summed E-state index contributed by atoms with van der Waals surface area (Å²) in [5, 5.41) is 1.55. The topological polar surface area (TPSA) is 109 Å². The number of alkyl halides is 3. The summed E-state index contributed by atoms with van der Waals surface area (Å²) in [6, 6.07) is 9.32. The zero-order valence-electron chi connectivity index (χ0n) is 36.6. The molecule has 0 spiro atoms. The van der Waals surface area contributed by atoms with Gasteiger partial charge in [0, 0.05) is 56.5 Å². The number of nitrogens with zero attached hydrogens (tertiary/aromatic N) is 3. The minimum Gasteiger partial charge on any atom is -0.497 e. The highest BCUT2D eigenvalue weighted by molar-refractivity contribution is 6.40. The van der Waals surface area contributed by atoms with Crippen LogP contribution in [0, 0.1) is 25.7 Å². The standard InChI is InChI=1S/C12H14Cl2O2.C11H12Cl2O.C11H14F3NO.C10H16N2O2/c1-7(2)4-11(15)12-9(13)5-8(16-3)6-10(12)14;1-7(2)6-10(14)11-8(12)4-3-5-9(11)13;1-6(2)9-8(11(12,13)14)5-7(3)15(4)10(9)16;1-6(2)8-7(3)11(4)10(14)12(5)9(8)13/h5-7H,4H2,1-3H3;3-5,7H,6H2,1-2H3;5-6H,1-4H3;6H,1-5H3. The molecule has 0 atom stereocenters. The van der Waals surface area contributed by atoms with Crippen LogP contribution in [0.2, 0.25) is 20.1 Å². The molecular weight excluding hydrogens is 865 g/mol. The van der Waals surface area contributed by atoms with Gasteiger partial charge in [-0.1, -0.05) is 108 Å². The molecule has 60 heavy (non-hydrogen) atoms. The molecule has 9 nitrogen and oxygen atoms in total. The van der Waals surface area contributed by atoms with Crippen LogP contribution in [0.5, 0.6) is 5.75 Å². The van der Waals surface area contributed by atoms with Crippen LogP contribution in [-0.2, 0) is 27.3 Å². The molecule has 0 aliphatic carbocycles. The van der Waals surface area contributed by atoms with Crippen molar-refractivity contribution in [3.05, 3.63) is 127 Å². The SMILES string of the molecule is CC(C)CC(=O)c1c(Cl)cccc1Cl.COc1cc(Cl)c(C(=O)CC(C)C)c(Cl)c1.Cc1c(C(C)C)c(=O)n(C)c(=O)n1C.Cc1cc(C(F)(F)F)c(C(C)C)c(=O)n1C. The second-order valence-corrected chi connectivity index (χ2v) is 17.2. The Morgan fingerprint density at radius 1 is 0.650 bits per heavy atom. The van der Waals surface area contributed by atoms with Crippen LogP contribution in [0.25, 0.3) is 0 Å². The first-order chi connectivity index (χ1) is 27.5. The molecule has 2 heterocycles. The Balaban J connectivity index is 0.000000401. The largest absolute Gasteiger partial charge is 0.497 e. The van der Waals surface area contributed by atoms with Crippen LogP contribution < -0.4 is 21.5 Å². The van der Waals surface area contributed by atoms with Gasteiger partial charge < -0.3 is 13.9 Å². The van der Waals surface area contributed by atoms with Gasteiger partial charge in [-0.2, -0.15) is 13.2 Å². The molecule has 0 saturated heterocycles. The number of rotatable bonds is 9. The van der Waals surface area contributed by atoms with Gasteiger partial charge in [0.25, 0.3) is 11.1 Å². The molecular formula is C44H56Cl4F3N3O6. The van der Waals surface area contributed by atoms with Gasteiger partial charge >= 0.3 is 11.9 Å². The molecule has 0 bridgehead atoms. The Hall–Kier alpha value is -3.84. The maximum Gasteiger partial charge on any atom is 0.416 e. The van der Waals surface area contributed by atoms with Crippen LogP contribution in [0.15, 0.2) is 50.8 Å². The number of ether oxygens (including phenoxy) is 1. The number of aromatic nitrogens is 3. The number of halogens is 7. The van der Waals surface area contributed by atoms with Gasteiger partial charge in [-0.05, 0) is 67.9 Å². The van der Waals surface area contributed by atoms with Crippen molar-refractivity contribution in [2.75, 3.05) is 7.11 Å². The Morgan fingerprint density at radius 2 is 1.05 bits per heavy atom. The first-order valence-electron chi connectivity index (χ1n) is 19.1.